The molecule has 0 bridgehead atoms. The Morgan fingerprint density at radius 2 is 1.97 bits per heavy atom. The standard InChI is InChI=1S/C22H27F3N4O/c1-15(2)12-19(17-4-3-5-18(13-17)22(23,24)25)28-21(30)16-6-10-29(11-7-16)20-14-26-8-9-27-20/h3-5,8-9,13-16,19H,6-7,10-12H2,1-2H3,(H,28,30). The van der Waals surface area contributed by atoms with Gasteiger partial charge >= 0.3 is 6.18 Å². The molecular formula is C22H27F3N4O. The summed E-state index contributed by atoms with van der Waals surface area (Å²) in [5, 5.41) is 3.01. The SMILES string of the molecule is CC(C)CC(NC(=O)C1CCN(c2cnccn2)CC1)c1cccc(C(F)(F)F)c1. The lowest BCUT2D eigenvalue weighted by molar-refractivity contribution is -0.137. The number of alkyl halides is 3. The molecule has 1 amide bonds. The smallest absolute Gasteiger partial charge is 0.355 e. The largest absolute Gasteiger partial charge is 0.416 e. The normalized spacial score (nSPS) is 16.5. The number of amides is 1. The van der Waals surface area contributed by atoms with Gasteiger partial charge in [0.25, 0.3) is 0 Å². The van der Waals surface area contributed by atoms with Gasteiger partial charge in [-0.1, -0.05) is 26.0 Å². The molecule has 5 nitrogen and oxygen atoms in total. The first kappa shape index (κ1) is 22.1. The maximum Gasteiger partial charge on any atom is 0.416 e. The number of anilines is 1. The van der Waals surface area contributed by atoms with Crippen molar-refractivity contribution in [2.24, 2.45) is 11.8 Å². The number of halogens is 3. The topological polar surface area (TPSA) is 58.1 Å². The third-order valence-electron chi connectivity index (χ3n) is 5.38. The first-order chi connectivity index (χ1) is 14.2. The zero-order valence-electron chi connectivity index (χ0n) is 17.2. The number of carbonyl (C=O) groups excluding carboxylic acids is 1. The van der Waals surface area contributed by atoms with Gasteiger partial charge in [0.15, 0.2) is 0 Å². The van der Waals surface area contributed by atoms with E-state index in [1.807, 2.05) is 13.8 Å². The molecule has 0 radical (unpaired) electrons. The fourth-order valence-corrected chi connectivity index (χ4v) is 3.80. The first-order valence-electron chi connectivity index (χ1n) is 10.2. The lowest BCUT2D eigenvalue weighted by atomic mass is 9.92. The second-order valence-electron chi connectivity index (χ2n) is 8.14. The van der Waals surface area contributed by atoms with Gasteiger partial charge in [0.1, 0.15) is 5.82 Å². The molecule has 1 aliphatic heterocycles. The summed E-state index contributed by atoms with van der Waals surface area (Å²) in [6, 6.07) is 4.80. The summed E-state index contributed by atoms with van der Waals surface area (Å²) in [6.07, 6.45) is 2.46. The van der Waals surface area contributed by atoms with E-state index >= 15 is 0 Å². The number of nitrogens with one attached hydrogen (secondary N) is 1. The molecule has 1 unspecified atom stereocenters. The van der Waals surface area contributed by atoms with E-state index in [-0.39, 0.29) is 17.7 Å². The minimum atomic E-state index is -4.41. The van der Waals surface area contributed by atoms with Gasteiger partial charge in [0, 0.05) is 31.4 Å². The van der Waals surface area contributed by atoms with Gasteiger partial charge < -0.3 is 10.2 Å². The van der Waals surface area contributed by atoms with E-state index in [1.165, 1.54) is 6.07 Å². The number of piperidine rings is 1. The monoisotopic (exact) mass is 420 g/mol. The van der Waals surface area contributed by atoms with Crippen molar-refractivity contribution < 1.29 is 18.0 Å². The van der Waals surface area contributed by atoms with Crippen molar-refractivity contribution in [1.82, 2.24) is 15.3 Å². The van der Waals surface area contributed by atoms with E-state index < -0.39 is 17.8 Å². The summed E-state index contributed by atoms with van der Waals surface area (Å²) in [5.41, 5.74) is -0.204. The van der Waals surface area contributed by atoms with E-state index in [1.54, 1.807) is 24.7 Å². The average molecular weight is 420 g/mol. The highest BCUT2D eigenvalue weighted by molar-refractivity contribution is 5.79. The van der Waals surface area contributed by atoms with Crippen LogP contribution in [0.15, 0.2) is 42.9 Å². The molecule has 0 spiro atoms. The van der Waals surface area contributed by atoms with Crippen molar-refractivity contribution in [3.8, 4) is 0 Å². The molecule has 162 valence electrons. The minimum absolute atomic E-state index is 0.100. The Morgan fingerprint density at radius 3 is 2.57 bits per heavy atom. The molecule has 0 aliphatic carbocycles. The van der Waals surface area contributed by atoms with Crippen LogP contribution in [0.4, 0.5) is 19.0 Å². The lowest BCUT2D eigenvalue weighted by Gasteiger charge is -2.33. The van der Waals surface area contributed by atoms with Crippen LogP contribution in [0, 0.1) is 11.8 Å². The van der Waals surface area contributed by atoms with Crippen LogP contribution < -0.4 is 10.2 Å². The summed E-state index contributed by atoms with van der Waals surface area (Å²) < 4.78 is 39.4. The van der Waals surface area contributed by atoms with E-state index in [0.29, 0.717) is 37.9 Å². The second-order valence-corrected chi connectivity index (χ2v) is 8.14. The van der Waals surface area contributed by atoms with Crippen LogP contribution in [-0.2, 0) is 11.0 Å². The highest BCUT2D eigenvalue weighted by Gasteiger charge is 2.32. The molecule has 1 fully saturated rings. The molecule has 8 heteroatoms. The highest BCUT2D eigenvalue weighted by atomic mass is 19.4. The van der Waals surface area contributed by atoms with Crippen molar-refractivity contribution in [2.75, 3.05) is 18.0 Å². The number of hydrogen-bond acceptors (Lipinski definition) is 4. The van der Waals surface area contributed by atoms with E-state index in [0.717, 1.165) is 18.0 Å². The fourth-order valence-electron chi connectivity index (χ4n) is 3.80. The molecule has 1 aromatic carbocycles. The molecule has 2 heterocycles. The maximum absolute atomic E-state index is 13.1. The van der Waals surface area contributed by atoms with Crippen LogP contribution in [0.5, 0.6) is 0 Å². The van der Waals surface area contributed by atoms with Crippen molar-refractivity contribution in [1.29, 1.82) is 0 Å². The Kier molecular flexibility index (Phi) is 6.95. The molecule has 1 aliphatic rings. The minimum Gasteiger partial charge on any atom is -0.355 e. The van der Waals surface area contributed by atoms with Crippen LogP contribution in [0.25, 0.3) is 0 Å². The van der Waals surface area contributed by atoms with Crippen molar-refractivity contribution in [3.63, 3.8) is 0 Å². The quantitative estimate of drug-likeness (QED) is 0.741. The van der Waals surface area contributed by atoms with Gasteiger partial charge in [-0.3, -0.25) is 9.78 Å². The summed E-state index contributed by atoms with van der Waals surface area (Å²) in [4.78, 5) is 23.4. The van der Waals surface area contributed by atoms with Gasteiger partial charge in [0.05, 0.1) is 17.8 Å². The summed E-state index contributed by atoms with van der Waals surface area (Å²) >= 11 is 0. The first-order valence-corrected chi connectivity index (χ1v) is 10.2. The third-order valence-corrected chi connectivity index (χ3v) is 5.38. The fraction of sp³-hybridized carbons (Fsp3) is 0.500. The average Bonchev–Trinajstić information content (AvgIpc) is 2.73. The van der Waals surface area contributed by atoms with Crippen molar-refractivity contribution >= 4 is 11.7 Å². The van der Waals surface area contributed by atoms with Gasteiger partial charge in [0.2, 0.25) is 5.91 Å². The van der Waals surface area contributed by atoms with Crippen molar-refractivity contribution in [3.05, 3.63) is 54.0 Å². The van der Waals surface area contributed by atoms with E-state index in [9.17, 15) is 18.0 Å². The Morgan fingerprint density at radius 1 is 1.23 bits per heavy atom. The predicted octanol–water partition coefficient (Wildman–Crippen LogP) is 4.62. The Balaban J connectivity index is 1.66. The van der Waals surface area contributed by atoms with Crippen LogP contribution in [0.2, 0.25) is 0 Å². The van der Waals surface area contributed by atoms with Gasteiger partial charge in [-0.2, -0.15) is 13.2 Å². The number of nitrogens with zero attached hydrogens (tertiary/aromatic N) is 3. The van der Waals surface area contributed by atoms with Crippen LogP contribution >= 0.6 is 0 Å². The van der Waals surface area contributed by atoms with E-state index in [4.69, 9.17) is 0 Å². The molecule has 1 aromatic heterocycles. The van der Waals surface area contributed by atoms with Gasteiger partial charge in [-0.15, -0.1) is 0 Å². The summed E-state index contributed by atoms with van der Waals surface area (Å²) in [7, 11) is 0. The molecule has 1 atom stereocenters. The zero-order chi connectivity index (χ0) is 21.7. The van der Waals surface area contributed by atoms with Gasteiger partial charge in [-0.05, 0) is 42.9 Å². The Bertz CT molecular complexity index is 834. The molecule has 3 rings (SSSR count). The number of carbonyl (C=O) groups is 1. The second kappa shape index (κ2) is 9.45. The molecular weight excluding hydrogens is 393 g/mol. The van der Waals surface area contributed by atoms with Crippen LogP contribution in [0.3, 0.4) is 0 Å². The third kappa shape index (κ3) is 5.70. The lowest BCUT2D eigenvalue weighted by Crippen LogP contribution is -2.42. The Labute approximate surface area is 174 Å². The van der Waals surface area contributed by atoms with Crippen LogP contribution in [0.1, 0.15) is 50.3 Å². The number of hydrogen-bond donors (Lipinski definition) is 1. The van der Waals surface area contributed by atoms with Crippen molar-refractivity contribution in [2.45, 2.75) is 45.3 Å². The summed E-state index contributed by atoms with van der Waals surface area (Å²) in [5.74, 6) is 0.747. The van der Waals surface area contributed by atoms with Gasteiger partial charge in [-0.25, -0.2) is 4.98 Å². The number of aromatic nitrogens is 2. The van der Waals surface area contributed by atoms with Crippen LogP contribution in [-0.4, -0.2) is 29.0 Å². The zero-order valence-corrected chi connectivity index (χ0v) is 17.2. The number of benzene rings is 1. The number of rotatable bonds is 6. The predicted molar refractivity (Wildman–Crippen MR) is 109 cm³/mol. The Hall–Kier alpha value is -2.64. The molecule has 1 saturated heterocycles. The maximum atomic E-state index is 13.1. The molecule has 30 heavy (non-hydrogen) atoms. The highest BCUT2D eigenvalue weighted by Crippen LogP contribution is 2.32. The molecule has 1 N–H and O–H groups in total. The summed E-state index contributed by atoms with van der Waals surface area (Å²) in [6.45, 7) is 5.36. The molecule has 0 saturated carbocycles. The molecule has 2 aromatic rings. The van der Waals surface area contributed by atoms with E-state index in [2.05, 4.69) is 20.2 Å².